The third kappa shape index (κ3) is 4.13. The largest absolute Gasteiger partial charge is 0.495 e. The van der Waals surface area contributed by atoms with Crippen molar-refractivity contribution in [2.24, 2.45) is 0 Å². The van der Waals surface area contributed by atoms with E-state index in [4.69, 9.17) is 4.74 Å². The molecule has 106 valence electrons. The quantitative estimate of drug-likeness (QED) is 0.854. The average molecular weight is 262 g/mol. The summed E-state index contributed by atoms with van der Waals surface area (Å²) < 4.78 is 5.44. The van der Waals surface area contributed by atoms with Gasteiger partial charge in [-0.3, -0.25) is 0 Å². The normalized spacial score (nSPS) is 20.9. The summed E-state index contributed by atoms with van der Waals surface area (Å²) in [5.41, 5.74) is 2.32. The first-order valence-corrected chi connectivity index (χ1v) is 7.33. The molecule has 0 amide bonds. The Morgan fingerprint density at radius 1 is 1.42 bits per heavy atom. The van der Waals surface area contributed by atoms with E-state index < -0.39 is 0 Å². The summed E-state index contributed by atoms with van der Waals surface area (Å²) in [6.45, 7) is 5.50. The average Bonchev–Trinajstić information content (AvgIpc) is 2.42. The predicted molar refractivity (Wildman–Crippen MR) is 81.1 cm³/mol. The van der Waals surface area contributed by atoms with E-state index in [-0.39, 0.29) is 0 Å². The molecule has 0 saturated carbocycles. The fraction of sp³-hybridized carbons (Fsp3) is 0.625. The highest BCUT2D eigenvalue weighted by atomic mass is 16.5. The van der Waals surface area contributed by atoms with Gasteiger partial charge < -0.3 is 15.4 Å². The van der Waals surface area contributed by atoms with E-state index in [0.29, 0.717) is 12.1 Å². The summed E-state index contributed by atoms with van der Waals surface area (Å²) in [5.74, 6) is 0.934. The Bertz CT molecular complexity index is 400. The number of anilines is 1. The molecular formula is C16H26N2O. The van der Waals surface area contributed by atoms with Gasteiger partial charge in [-0.15, -0.1) is 0 Å². The molecule has 2 atom stereocenters. The van der Waals surface area contributed by atoms with Crippen molar-refractivity contribution in [3.05, 3.63) is 23.8 Å². The van der Waals surface area contributed by atoms with E-state index >= 15 is 0 Å². The van der Waals surface area contributed by atoms with Crippen molar-refractivity contribution in [2.45, 2.75) is 51.6 Å². The fourth-order valence-electron chi connectivity index (χ4n) is 2.79. The molecule has 2 rings (SSSR count). The number of hydrogen-bond donors (Lipinski definition) is 2. The molecular weight excluding hydrogens is 236 g/mol. The van der Waals surface area contributed by atoms with E-state index in [1.54, 1.807) is 7.11 Å². The first-order chi connectivity index (χ1) is 9.19. The second kappa shape index (κ2) is 6.80. The van der Waals surface area contributed by atoms with E-state index in [9.17, 15) is 0 Å². The number of hydrogen-bond acceptors (Lipinski definition) is 3. The van der Waals surface area contributed by atoms with Crippen LogP contribution in [0.1, 0.15) is 38.2 Å². The fourth-order valence-corrected chi connectivity index (χ4v) is 2.79. The van der Waals surface area contributed by atoms with Gasteiger partial charge in [0.2, 0.25) is 0 Å². The number of methoxy groups -OCH3 is 1. The Labute approximate surface area is 116 Å². The lowest BCUT2D eigenvalue weighted by Crippen LogP contribution is -2.37. The number of ether oxygens (including phenoxy) is 1. The molecule has 19 heavy (non-hydrogen) atoms. The van der Waals surface area contributed by atoms with E-state index in [0.717, 1.165) is 17.9 Å². The van der Waals surface area contributed by atoms with Gasteiger partial charge in [0, 0.05) is 12.1 Å². The maximum Gasteiger partial charge on any atom is 0.142 e. The Hall–Kier alpha value is -1.22. The highest BCUT2D eigenvalue weighted by Gasteiger charge is 2.16. The van der Waals surface area contributed by atoms with Crippen molar-refractivity contribution in [1.29, 1.82) is 0 Å². The molecule has 1 aromatic carbocycles. The van der Waals surface area contributed by atoms with Crippen LogP contribution in [0.15, 0.2) is 18.2 Å². The predicted octanol–water partition coefficient (Wildman–Crippen LogP) is 3.34. The SMILES string of the molecule is COc1cc(C)ccc1NC(C)CC1CCCCN1. The number of nitrogens with one attached hydrogen (secondary N) is 2. The molecule has 1 saturated heterocycles. The van der Waals surface area contributed by atoms with Gasteiger partial charge in [-0.2, -0.15) is 0 Å². The van der Waals surface area contributed by atoms with Gasteiger partial charge in [-0.1, -0.05) is 12.5 Å². The maximum atomic E-state index is 5.44. The number of benzene rings is 1. The Kier molecular flexibility index (Phi) is 5.08. The molecule has 1 aliphatic heterocycles. The molecule has 0 spiro atoms. The number of rotatable bonds is 5. The van der Waals surface area contributed by atoms with Crippen LogP contribution in [0.4, 0.5) is 5.69 Å². The van der Waals surface area contributed by atoms with E-state index in [1.807, 2.05) is 0 Å². The molecule has 0 aliphatic carbocycles. The highest BCUT2D eigenvalue weighted by Crippen LogP contribution is 2.26. The molecule has 0 aromatic heterocycles. The van der Waals surface area contributed by atoms with E-state index in [2.05, 4.69) is 42.7 Å². The molecule has 3 nitrogen and oxygen atoms in total. The monoisotopic (exact) mass is 262 g/mol. The molecule has 1 aliphatic rings. The van der Waals surface area contributed by atoms with Gasteiger partial charge in [0.25, 0.3) is 0 Å². The minimum absolute atomic E-state index is 0.451. The van der Waals surface area contributed by atoms with Crippen LogP contribution < -0.4 is 15.4 Å². The van der Waals surface area contributed by atoms with Crippen molar-refractivity contribution in [1.82, 2.24) is 5.32 Å². The molecule has 1 aromatic rings. The van der Waals surface area contributed by atoms with Crippen molar-refractivity contribution < 1.29 is 4.74 Å². The third-order valence-corrected chi connectivity index (χ3v) is 3.81. The summed E-state index contributed by atoms with van der Waals surface area (Å²) >= 11 is 0. The Morgan fingerprint density at radius 3 is 2.95 bits per heavy atom. The summed E-state index contributed by atoms with van der Waals surface area (Å²) in [6, 6.07) is 7.42. The van der Waals surface area contributed by atoms with Crippen LogP contribution in [0.25, 0.3) is 0 Å². The summed E-state index contributed by atoms with van der Waals surface area (Å²) in [4.78, 5) is 0. The maximum absolute atomic E-state index is 5.44. The van der Waals surface area contributed by atoms with Crippen molar-refractivity contribution in [2.75, 3.05) is 19.0 Å². The number of aryl methyl sites for hydroxylation is 1. The van der Waals surface area contributed by atoms with Gasteiger partial charge in [0.15, 0.2) is 0 Å². The second-order valence-electron chi connectivity index (χ2n) is 5.63. The van der Waals surface area contributed by atoms with Crippen LogP contribution in [-0.2, 0) is 0 Å². The lowest BCUT2D eigenvalue weighted by molar-refractivity contribution is 0.370. The molecule has 2 N–H and O–H groups in total. The van der Waals surface area contributed by atoms with Gasteiger partial charge in [-0.25, -0.2) is 0 Å². The zero-order valence-corrected chi connectivity index (χ0v) is 12.3. The van der Waals surface area contributed by atoms with E-state index in [1.165, 1.54) is 31.4 Å². The smallest absolute Gasteiger partial charge is 0.142 e. The summed E-state index contributed by atoms with van der Waals surface area (Å²) in [6.07, 6.45) is 5.15. The molecule has 3 heteroatoms. The van der Waals surface area contributed by atoms with Gasteiger partial charge in [-0.05, 0) is 57.4 Å². The van der Waals surface area contributed by atoms with Gasteiger partial charge in [0.1, 0.15) is 5.75 Å². The molecule has 0 bridgehead atoms. The van der Waals surface area contributed by atoms with Crippen LogP contribution in [0.3, 0.4) is 0 Å². The van der Waals surface area contributed by atoms with Crippen LogP contribution in [0.5, 0.6) is 5.75 Å². The standard InChI is InChI=1S/C16H26N2O/c1-12-7-8-15(16(10-12)19-3)18-13(2)11-14-6-4-5-9-17-14/h7-8,10,13-14,17-18H,4-6,9,11H2,1-3H3. The molecule has 0 radical (unpaired) electrons. The molecule has 1 heterocycles. The second-order valence-corrected chi connectivity index (χ2v) is 5.63. The summed E-state index contributed by atoms with van der Waals surface area (Å²) in [7, 11) is 1.73. The Balaban J connectivity index is 1.92. The summed E-state index contributed by atoms with van der Waals surface area (Å²) in [5, 5.41) is 7.17. The van der Waals surface area contributed by atoms with Crippen molar-refractivity contribution in [3.8, 4) is 5.75 Å². The van der Waals surface area contributed by atoms with Crippen molar-refractivity contribution in [3.63, 3.8) is 0 Å². The third-order valence-electron chi connectivity index (χ3n) is 3.81. The van der Waals surface area contributed by atoms with Crippen LogP contribution in [-0.4, -0.2) is 25.7 Å². The van der Waals surface area contributed by atoms with Crippen LogP contribution >= 0.6 is 0 Å². The van der Waals surface area contributed by atoms with Crippen LogP contribution in [0.2, 0.25) is 0 Å². The topological polar surface area (TPSA) is 33.3 Å². The van der Waals surface area contributed by atoms with Crippen LogP contribution in [0, 0.1) is 6.92 Å². The van der Waals surface area contributed by atoms with Crippen molar-refractivity contribution >= 4 is 5.69 Å². The zero-order valence-electron chi connectivity index (χ0n) is 12.3. The lowest BCUT2D eigenvalue weighted by atomic mass is 9.98. The molecule has 2 unspecified atom stereocenters. The zero-order chi connectivity index (χ0) is 13.7. The lowest BCUT2D eigenvalue weighted by Gasteiger charge is -2.27. The van der Waals surface area contributed by atoms with Gasteiger partial charge in [0.05, 0.1) is 12.8 Å². The minimum atomic E-state index is 0.451. The highest BCUT2D eigenvalue weighted by molar-refractivity contribution is 5.58. The minimum Gasteiger partial charge on any atom is -0.495 e. The first kappa shape index (κ1) is 14.2. The Morgan fingerprint density at radius 2 is 2.26 bits per heavy atom. The first-order valence-electron chi connectivity index (χ1n) is 7.33. The molecule has 1 fully saturated rings. The van der Waals surface area contributed by atoms with Gasteiger partial charge >= 0.3 is 0 Å². The number of piperidine rings is 1.